The second-order valence-electron chi connectivity index (χ2n) is 7.97. The average molecular weight is 435 g/mol. The number of hydrogen-bond acceptors (Lipinski definition) is 8. The molecule has 3 saturated heterocycles. The molecule has 0 aliphatic carbocycles. The summed E-state index contributed by atoms with van der Waals surface area (Å²) in [5.74, 6) is -0.845. The Bertz CT molecular complexity index is 813. The van der Waals surface area contributed by atoms with Crippen LogP contribution in [0.15, 0.2) is 6.07 Å². The molecule has 11 heteroatoms. The summed E-state index contributed by atoms with van der Waals surface area (Å²) in [5.41, 5.74) is 0.484. The van der Waals surface area contributed by atoms with Crippen LogP contribution in [0.5, 0.6) is 0 Å². The van der Waals surface area contributed by atoms with Gasteiger partial charge in [0.15, 0.2) is 5.69 Å². The number of piperidine rings is 1. The van der Waals surface area contributed by atoms with E-state index in [0.29, 0.717) is 45.1 Å². The molecule has 4 rings (SSSR count). The molecule has 3 aliphatic heterocycles. The molecule has 0 radical (unpaired) electrons. The Balaban J connectivity index is 1.40. The van der Waals surface area contributed by atoms with Crippen molar-refractivity contribution in [3.05, 3.63) is 17.5 Å². The highest BCUT2D eigenvalue weighted by molar-refractivity contribution is 5.96. The Morgan fingerprint density at radius 3 is 2.52 bits per heavy atom. The van der Waals surface area contributed by atoms with Crippen LogP contribution in [0.4, 0.5) is 0 Å². The largest absolute Gasteiger partial charge is 0.464 e. The van der Waals surface area contributed by atoms with E-state index in [1.54, 1.807) is 9.69 Å². The van der Waals surface area contributed by atoms with E-state index in [9.17, 15) is 14.4 Å². The molecule has 2 amide bonds. The first-order chi connectivity index (χ1) is 15.1. The summed E-state index contributed by atoms with van der Waals surface area (Å²) in [5, 5.41) is 11.2. The van der Waals surface area contributed by atoms with Gasteiger partial charge in [-0.3, -0.25) is 19.3 Å². The minimum Gasteiger partial charge on any atom is -0.464 e. The first-order valence-electron chi connectivity index (χ1n) is 10.8. The molecule has 4 heterocycles. The zero-order valence-corrected chi connectivity index (χ0v) is 17.7. The maximum atomic E-state index is 13.1. The first-order valence-corrected chi connectivity index (χ1v) is 10.8. The van der Waals surface area contributed by atoms with E-state index in [1.807, 2.05) is 5.01 Å². The van der Waals surface area contributed by atoms with Gasteiger partial charge in [-0.25, -0.2) is 9.80 Å². The Hall–Kier alpha value is -2.50. The molecule has 31 heavy (non-hydrogen) atoms. The SMILES string of the molecule is COC(=O)c1cc(C(=O)NC2CCN(N3CCOCC3=O)CC2)n(C2CCOCC2)n1. The van der Waals surface area contributed by atoms with E-state index < -0.39 is 5.97 Å². The van der Waals surface area contributed by atoms with Crippen LogP contribution in [0.3, 0.4) is 0 Å². The van der Waals surface area contributed by atoms with E-state index in [-0.39, 0.29) is 36.2 Å². The predicted molar refractivity (Wildman–Crippen MR) is 107 cm³/mol. The normalized spacial score (nSPS) is 21.8. The van der Waals surface area contributed by atoms with Crippen LogP contribution in [-0.4, -0.2) is 96.8 Å². The number of ether oxygens (including phenoxy) is 3. The molecule has 3 aliphatic rings. The second kappa shape index (κ2) is 9.75. The molecular weight excluding hydrogens is 406 g/mol. The van der Waals surface area contributed by atoms with E-state index in [2.05, 4.69) is 10.4 Å². The first kappa shape index (κ1) is 21.7. The lowest BCUT2D eigenvalue weighted by molar-refractivity contribution is -0.167. The number of methoxy groups -OCH3 is 1. The average Bonchev–Trinajstić information content (AvgIpc) is 3.26. The molecule has 0 unspecified atom stereocenters. The molecule has 3 fully saturated rings. The lowest BCUT2D eigenvalue weighted by Gasteiger charge is -2.41. The number of esters is 1. The van der Waals surface area contributed by atoms with Gasteiger partial charge in [0.05, 0.1) is 26.3 Å². The number of rotatable bonds is 5. The Kier molecular flexibility index (Phi) is 6.83. The van der Waals surface area contributed by atoms with Crippen molar-refractivity contribution >= 4 is 17.8 Å². The summed E-state index contributed by atoms with van der Waals surface area (Å²) in [7, 11) is 1.29. The monoisotopic (exact) mass is 435 g/mol. The van der Waals surface area contributed by atoms with Gasteiger partial charge < -0.3 is 19.5 Å². The van der Waals surface area contributed by atoms with Gasteiger partial charge in [0.1, 0.15) is 12.3 Å². The minimum absolute atomic E-state index is 0.00193. The summed E-state index contributed by atoms with van der Waals surface area (Å²) >= 11 is 0. The van der Waals surface area contributed by atoms with Crippen LogP contribution in [-0.2, 0) is 19.0 Å². The zero-order valence-electron chi connectivity index (χ0n) is 17.7. The topological polar surface area (TPSA) is 115 Å². The van der Waals surface area contributed by atoms with Gasteiger partial charge in [-0.05, 0) is 25.7 Å². The van der Waals surface area contributed by atoms with Crippen LogP contribution >= 0.6 is 0 Å². The maximum Gasteiger partial charge on any atom is 0.358 e. The van der Waals surface area contributed by atoms with Crippen LogP contribution in [0.25, 0.3) is 0 Å². The summed E-state index contributed by atoms with van der Waals surface area (Å²) in [6, 6.07) is 1.49. The summed E-state index contributed by atoms with van der Waals surface area (Å²) < 4.78 is 17.0. The number of nitrogens with one attached hydrogen (secondary N) is 1. The Morgan fingerprint density at radius 1 is 1.10 bits per heavy atom. The molecule has 170 valence electrons. The lowest BCUT2D eigenvalue weighted by atomic mass is 10.1. The molecule has 11 nitrogen and oxygen atoms in total. The van der Waals surface area contributed by atoms with Crippen LogP contribution in [0.2, 0.25) is 0 Å². The number of nitrogens with zero attached hydrogens (tertiary/aromatic N) is 4. The molecule has 1 N–H and O–H groups in total. The highest BCUT2D eigenvalue weighted by Gasteiger charge is 2.31. The minimum atomic E-state index is -0.566. The van der Waals surface area contributed by atoms with E-state index >= 15 is 0 Å². The molecule has 0 bridgehead atoms. The van der Waals surface area contributed by atoms with Crippen LogP contribution in [0, 0.1) is 0 Å². The van der Waals surface area contributed by atoms with Crippen molar-refractivity contribution in [3.63, 3.8) is 0 Å². The number of hydrazine groups is 1. The van der Waals surface area contributed by atoms with Gasteiger partial charge >= 0.3 is 5.97 Å². The molecule has 0 aromatic carbocycles. The second-order valence-corrected chi connectivity index (χ2v) is 7.97. The molecule has 0 saturated carbocycles. The standard InChI is InChI=1S/C20H29N5O6/c1-29-20(28)16-12-17(25(22-16)15-4-9-30-10-5-15)19(27)21-14-2-6-23(7-3-14)24-8-11-31-13-18(24)26/h12,14-15H,2-11,13H2,1H3,(H,21,27). The van der Waals surface area contributed by atoms with Gasteiger partial charge in [0.25, 0.3) is 11.8 Å². The molecule has 0 spiro atoms. The number of morpholine rings is 1. The van der Waals surface area contributed by atoms with Gasteiger partial charge in [-0.1, -0.05) is 0 Å². The number of carbonyl (C=O) groups excluding carboxylic acids is 3. The number of aromatic nitrogens is 2. The maximum absolute atomic E-state index is 13.1. The van der Waals surface area contributed by atoms with Gasteiger partial charge in [0.2, 0.25) is 0 Å². The highest BCUT2D eigenvalue weighted by Crippen LogP contribution is 2.23. The highest BCUT2D eigenvalue weighted by atomic mass is 16.5. The molecule has 1 aromatic heterocycles. The smallest absolute Gasteiger partial charge is 0.358 e. The van der Waals surface area contributed by atoms with Crippen molar-refractivity contribution in [2.24, 2.45) is 0 Å². The number of amides is 2. The van der Waals surface area contributed by atoms with Crippen molar-refractivity contribution in [1.29, 1.82) is 0 Å². The quantitative estimate of drug-likeness (QED) is 0.642. The van der Waals surface area contributed by atoms with Gasteiger partial charge in [0, 0.05) is 38.4 Å². The number of hydrogen-bond donors (Lipinski definition) is 1. The third-order valence-corrected chi connectivity index (χ3v) is 6.01. The molecular formula is C20H29N5O6. The lowest BCUT2D eigenvalue weighted by Crippen LogP contribution is -2.56. The van der Waals surface area contributed by atoms with Gasteiger partial charge in [-0.2, -0.15) is 5.10 Å². The van der Waals surface area contributed by atoms with E-state index in [1.165, 1.54) is 13.2 Å². The van der Waals surface area contributed by atoms with Crippen molar-refractivity contribution in [1.82, 2.24) is 25.1 Å². The molecule has 1 aromatic rings. The van der Waals surface area contributed by atoms with E-state index in [0.717, 1.165) is 25.7 Å². The summed E-state index contributed by atoms with van der Waals surface area (Å²) in [6.45, 7) is 3.79. The van der Waals surface area contributed by atoms with Crippen molar-refractivity contribution in [2.75, 3.05) is 53.2 Å². The van der Waals surface area contributed by atoms with Crippen molar-refractivity contribution in [3.8, 4) is 0 Å². The Morgan fingerprint density at radius 2 is 1.84 bits per heavy atom. The van der Waals surface area contributed by atoms with E-state index in [4.69, 9.17) is 14.2 Å². The van der Waals surface area contributed by atoms with Gasteiger partial charge in [-0.15, -0.1) is 0 Å². The van der Waals surface area contributed by atoms with Crippen LogP contribution in [0.1, 0.15) is 52.7 Å². The predicted octanol–water partition coefficient (Wildman–Crippen LogP) is -0.0108. The van der Waals surface area contributed by atoms with Crippen LogP contribution < -0.4 is 5.32 Å². The summed E-state index contributed by atoms with van der Waals surface area (Å²) in [4.78, 5) is 37.1. The Labute approximate surface area is 180 Å². The fourth-order valence-electron chi connectivity index (χ4n) is 4.30. The summed E-state index contributed by atoms with van der Waals surface area (Å²) in [6.07, 6.45) is 2.92. The van der Waals surface area contributed by atoms with Crippen molar-refractivity contribution < 1.29 is 28.6 Å². The van der Waals surface area contributed by atoms with Crippen molar-refractivity contribution in [2.45, 2.75) is 37.8 Å². The third-order valence-electron chi connectivity index (χ3n) is 6.01. The zero-order chi connectivity index (χ0) is 21.8. The number of carbonyl (C=O) groups is 3. The third kappa shape index (κ3) is 4.89. The fourth-order valence-corrected chi connectivity index (χ4v) is 4.30. The fraction of sp³-hybridized carbons (Fsp3) is 0.700. The molecule has 0 atom stereocenters.